The van der Waals surface area contributed by atoms with Gasteiger partial charge in [0.1, 0.15) is 12.4 Å². The van der Waals surface area contributed by atoms with Crippen molar-refractivity contribution in [3.63, 3.8) is 0 Å². The molecule has 1 aliphatic rings. The van der Waals surface area contributed by atoms with Gasteiger partial charge in [-0.2, -0.15) is 0 Å². The summed E-state index contributed by atoms with van der Waals surface area (Å²) in [5, 5.41) is 0. The van der Waals surface area contributed by atoms with Gasteiger partial charge in [0.05, 0.1) is 12.2 Å². The maximum Gasteiger partial charge on any atom is 0.137 e. The van der Waals surface area contributed by atoms with Gasteiger partial charge in [-0.15, -0.1) is 0 Å². The van der Waals surface area contributed by atoms with Crippen LogP contribution in [0.3, 0.4) is 0 Å². The van der Waals surface area contributed by atoms with Crippen molar-refractivity contribution in [3.8, 4) is 5.75 Å². The summed E-state index contributed by atoms with van der Waals surface area (Å²) < 4.78 is 5.64. The van der Waals surface area contributed by atoms with Crippen molar-refractivity contribution >= 4 is 0 Å². The molecule has 1 saturated heterocycles. The van der Waals surface area contributed by atoms with Crippen LogP contribution in [0.4, 0.5) is 0 Å². The molecule has 2 heterocycles. The molecule has 1 atom stereocenters. The molecule has 0 aromatic carbocycles. The van der Waals surface area contributed by atoms with Crippen LogP contribution in [0.5, 0.6) is 5.75 Å². The number of nitrogens with two attached hydrogens (primary N) is 1. The summed E-state index contributed by atoms with van der Waals surface area (Å²) in [5.74, 6) is 0.807. The number of pyridine rings is 1. The highest BCUT2D eigenvalue weighted by Gasteiger charge is 2.15. The van der Waals surface area contributed by atoms with Crippen molar-refractivity contribution < 1.29 is 4.74 Å². The molecule has 0 aliphatic carbocycles. The normalized spacial score (nSPS) is 16.6. The van der Waals surface area contributed by atoms with E-state index in [2.05, 4.69) is 9.88 Å². The minimum atomic E-state index is 0.0774. The fourth-order valence-electron chi connectivity index (χ4n) is 2.16. The van der Waals surface area contributed by atoms with Gasteiger partial charge in [-0.3, -0.25) is 4.98 Å². The lowest BCUT2D eigenvalue weighted by molar-refractivity contribution is 0.236. The minimum absolute atomic E-state index is 0.0774. The van der Waals surface area contributed by atoms with Crippen molar-refractivity contribution in [1.29, 1.82) is 0 Å². The van der Waals surface area contributed by atoms with E-state index >= 15 is 0 Å². The third-order valence-corrected chi connectivity index (χ3v) is 3.01. The second kappa shape index (κ2) is 8.88. The molecular formula is C15H27N3O. The Bertz CT molecular complexity index is 351. The Kier molecular flexibility index (Phi) is 7.45. The number of rotatable bonds is 5. The van der Waals surface area contributed by atoms with Crippen LogP contribution in [0.25, 0.3) is 0 Å². The molecule has 4 nitrogen and oxygen atoms in total. The molecule has 1 unspecified atom stereocenters. The van der Waals surface area contributed by atoms with Crippen LogP contribution in [-0.2, 0) is 0 Å². The first kappa shape index (κ1) is 15.9. The Labute approximate surface area is 117 Å². The van der Waals surface area contributed by atoms with Crippen LogP contribution in [0, 0.1) is 6.92 Å². The van der Waals surface area contributed by atoms with E-state index in [-0.39, 0.29) is 6.04 Å². The largest absolute Gasteiger partial charge is 0.490 e. The van der Waals surface area contributed by atoms with E-state index in [1.54, 1.807) is 6.20 Å². The summed E-state index contributed by atoms with van der Waals surface area (Å²) in [5.41, 5.74) is 7.16. The first-order valence-electron chi connectivity index (χ1n) is 7.26. The summed E-state index contributed by atoms with van der Waals surface area (Å²) in [6.45, 7) is 9.85. The predicted octanol–water partition coefficient (Wildman–Crippen LogP) is 2.22. The minimum Gasteiger partial charge on any atom is -0.490 e. The average molecular weight is 265 g/mol. The van der Waals surface area contributed by atoms with E-state index in [0.717, 1.165) is 17.9 Å². The number of aryl methyl sites for hydroxylation is 1. The van der Waals surface area contributed by atoms with Gasteiger partial charge in [0.2, 0.25) is 0 Å². The summed E-state index contributed by atoms with van der Waals surface area (Å²) in [7, 11) is 0. The second-order valence-corrected chi connectivity index (χ2v) is 4.78. The smallest absolute Gasteiger partial charge is 0.137 e. The zero-order chi connectivity index (χ0) is 14.1. The number of hydrogen-bond donors (Lipinski definition) is 1. The van der Waals surface area contributed by atoms with Crippen molar-refractivity contribution in [2.24, 2.45) is 5.73 Å². The zero-order valence-electron chi connectivity index (χ0n) is 12.4. The Hall–Kier alpha value is -1.13. The molecule has 1 aliphatic heterocycles. The molecule has 0 spiro atoms. The molecule has 4 heteroatoms. The van der Waals surface area contributed by atoms with Crippen molar-refractivity contribution in [2.75, 3.05) is 26.2 Å². The highest BCUT2D eigenvalue weighted by molar-refractivity contribution is 5.22. The molecule has 1 fully saturated rings. The van der Waals surface area contributed by atoms with Crippen molar-refractivity contribution in [3.05, 3.63) is 24.0 Å². The Morgan fingerprint density at radius 2 is 2.00 bits per heavy atom. The molecule has 0 radical (unpaired) electrons. The monoisotopic (exact) mass is 265 g/mol. The molecule has 1 aromatic heterocycles. The van der Waals surface area contributed by atoms with Gasteiger partial charge in [-0.05, 0) is 44.5 Å². The van der Waals surface area contributed by atoms with E-state index in [4.69, 9.17) is 10.5 Å². The highest BCUT2D eigenvalue weighted by Crippen LogP contribution is 2.11. The number of nitrogens with zero attached hydrogens (tertiary/aromatic N) is 2. The summed E-state index contributed by atoms with van der Waals surface area (Å²) in [4.78, 5) is 6.49. The van der Waals surface area contributed by atoms with Crippen LogP contribution in [0.1, 0.15) is 32.3 Å². The van der Waals surface area contributed by atoms with Crippen molar-refractivity contribution in [2.45, 2.75) is 39.7 Å². The van der Waals surface area contributed by atoms with Gasteiger partial charge in [-0.1, -0.05) is 13.8 Å². The lowest BCUT2D eigenvalue weighted by Gasteiger charge is -2.20. The maximum absolute atomic E-state index is 6.05. The maximum atomic E-state index is 6.05. The fraction of sp³-hybridized carbons (Fsp3) is 0.667. The summed E-state index contributed by atoms with van der Waals surface area (Å²) in [6.07, 6.45) is 6.15. The number of likely N-dealkylation sites (tertiary alicyclic amines) is 1. The van der Waals surface area contributed by atoms with Crippen molar-refractivity contribution in [1.82, 2.24) is 9.88 Å². The number of ether oxygens (including phenoxy) is 1. The first-order valence-corrected chi connectivity index (χ1v) is 7.26. The van der Waals surface area contributed by atoms with E-state index in [9.17, 15) is 0 Å². The molecule has 0 amide bonds. The van der Waals surface area contributed by atoms with Gasteiger partial charge < -0.3 is 15.4 Å². The van der Waals surface area contributed by atoms with Crippen LogP contribution in [0.15, 0.2) is 18.5 Å². The molecule has 1 aromatic rings. The lowest BCUT2D eigenvalue weighted by Crippen LogP contribution is -2.40. The lowest BCUT2D eigenvalue weighted by atomic mass is 10.3. The Morgan fingerprint density at radius 1 is 1.32 bits per heavy atom. The van der Waals surface area contributed by atoms with E-state index in [0.29, 0.717) is 6.61 Å². The average Bonchev–Trinajstić information content (AvgIpc) is 2.92. The van der Waals surface area contributed by atoms with Gasteiger partial charge in [0, 0.05) is 12.7 Å². The van der Waals surface area contributed by atoms with E-state index in [1.165, 1.54) is 25.9 Å². The molecule has 19 heavy (non-hydrogen) atoms. The van der Waals surface area contributed by atoms with E-state index in [1.807, 2.05) is 33.0 Å². The summed E-state index contributed by atoms with van der Waals surface area (Å²) in [6, 6.07) is 2.06. The standard InChI is InChI=1S/C13H21N3O.C2H6/c1-11-6-13(8-15-7-11)17-10-12(14)9-16-4-2-3-5-16;1-2/h6-8,12H,2-5,9-10,14H2,1H3;1-2H3. The molecule has 2 N–H and O–H groups in total. The fourth-order valence-corrected chi connectivity index (χ4v) is 2.16. The Balaban J connectivity index is 0.000000861. The third kappa shape index (κ3) is 6.03. The Morgan fingerprint density at radius 3 is 2.63 bits per heavy atom. The topological polar surface area (TPSA) is 51.4 Å². The highest BCUT2D eigenvalue weighted by atomic mass is 16.5. The number of hydrogen-bond acceptors (Lipinski definition) is 4. The number of aromatic nitrogens is 1. The van der Waals surface area contributed by atoms with Gasteiger partial charge in [-0.25, -0.2) is 0 Å². The molecular weight excluding hydrogens is 238 g/mol. The SMILES string of the molecule is CC.Cc1cncc(OCC(N)CN2CCCC2)c1. The van der Waals surface area contributed by atoms with Crippen LogP contribution in [-0.4, -0.2) is 42.2 Å². The first-order chi connectivity index (χ1) is 9.24. The third-order valence-electron chi connectivity index (χ3n) is 3.01. The van der Waals surface area contributed by atoms with Gasteiger partial charge in [0.25, 0.3) is 0 Å². The van der Waals surface area contributed by atoms with Crippen LogP contribution >= 0.6 is 0 Å². The van der Waals surface area contributed by atoms with E-state index < -0.39 is 0 Å². The van der Waals surface area contributed by atoms with Crippen LogP contribution < -0.4 is 10.5 Å². The quantitative estimate of drug-likeness (QED) is 0.887. The summed E-state index contributed by atoms with van der Waals surface area (Å²) >= 11 is 0. The van der Waals surface area contributed by atoms with Gasteiger partial charge in [0.15, 0.2) is 0 Å². The molecule has 108 valence electrons. The zero-order valence-corrected chi connectivity index (χ0v) is 12.4. The predicted molar refractivity (Wildman–Crippen MR) is 79.5 cm³/mol. The second-order valence-electron chi connectivity index (χ2n) is 4.78. The molecule has 0 saturated carbocycles. The van der Waals surface area contributed by atoms with Gasteiger partial charge >= 0.3 is 0 Å². The van der Waals surface area contributed by atoms with Crippen LogP contribution in [0.2, 0.25) is 0 Å². The molecule has 2 rings (SSSR count). The molecule has 0 bridgehead atoms.